The van der Waals surface area contributed by atoms with E-state index in [4.69, 9.17) is 9.47 Å². The Morgan fingerprint density at radius 1 is 0.931 bits per heavy atom. The minimum atomic E-state index is -0.789. The topological polar surface area (TPSA) is 120 Å². The van der Waals surface area contributed by atoms with Gasteiger partial charge in [0.2, 0.25) is 0 Å². The normalized spacial score (nSPS) is 9.86. The van der Waals surface area contributed by atoms with Crippen LogP contribution in [0.2, 0.25) is 0 Å². The van der Waals surface area contributed by atoms with Crippen LogP contribution >= 0.6 is 0 Å². The molecule has 0 aliphatic rings. The van der Waals surface area contributed by atoms with Gasteiger partial charge in [0, 0.05) is 5.56 Å². The Hall–Kier alpha value is -3.88. The van der Waals surface area contributed by atoms with Crippen molar-refractivity contribution >= 4 is 29.4 Å². The van der Waals surface area contributed by atoms with Crippen LogP contribution in [0.1, 0.15) is 20.7 Å². The van der Waals surface area contributed by atoms with Crippen molar-refractivity contribution in [1.82, 2.24) is 5.32 Å². The van der Waals surface area contributed by atoms with Gasteiger partial charge in [0.25, 0.3) is 11.8 Å². The van der Waals surface area contributed by atoms with E-state index < -0.39 is 36.9 Å². The molecule has 2 aromatic rings. The number of esters is 2. The Balaban J connectivity index is 1.79. The molecule has 0 bridgehead atoms. The molecule has 0 spiro atoms. The summed E-state index contributed by atoms with van der Waals surface area (Å²) in [5.74, 6) is -1.92. The fourth-order valence-electron chi connectivity index (χ4n) is 2.26. The molecule has 9 heteroatoms. The second-order valence-corrected chi connectivity index (χ2v) is 5.66. The summed E-state index contributed by atoms with van der Waals surface area (Å²) in [6.07, 6.45) is 0. The average Bonchev–Trinajstić information content (AvgIpc) is 2.75. The Bertz CT molecular complexity index is 894. The van der Waals surface area contributed by atoms with Gasteiger partial charge in [-0.3, -0.25) is 14.4 Å². The van der Waals surface area contributed by atoms with Gasteiger partial charge in [-0.25, -0.2) is 4.79 Å². The van der Waals surface area contributed by atoms with Crippen LogP contribution in [0.4, 0.5) is 5.69 Å². The van der Waals surface area contributed by atoms with Crippen LogP contribution in [0.25, 0.3) is 0 Å². The molecule has 0 aromatic heterocycles. The summed E-state index contributed by atoms with van der Waals surface area (Å²) >= 11 is 0. The number of rotatable bonds is 8. The van der Waals surface area contributed by atoms with E-state index in [1.807, 2.05) is 0 Å². The lowest BCUT2D eigenvalue weighted by atomic mass is 10.2. The summed E-state index contributed by atoms with van der Waals surface area (Å²) < 4.78 is 14.5. The number of anilines is 1. The van der Waals surface area contributed by atoms with Crippen molar-refractivity contribution in [2.75, 3.05) is 32.7 Å². The average molecular weight is 400 g/mol. The maximum Gasteiger partial charge on any atom is 0.339 e. The van der Waals surface area contributed by atoms with Gasteiger partial charge in [-0.05, 0) is 36.4 Å². The Morgan fingerprint density at radius 3 is 2.28 bits per heavy atom. The summed E-state index contributed by atoms with van der Waals surface area (Å²) in [4.78, 5) is 47.4. The number of ether oxygens (including phenoxy) is 3. The summed E-state index contributed by atoms with van der Waals surface area (Å²) in [5.41, 5.74) is 0.741. The van der Waals surface area contributed by atoms with E-state index in [-0.39, 0.29) is 11.3 Å². The third-order valence-corrected chi connectivity index (χ3v) is 3.72. The van der Waals surface area contributed by atoms with Crippen LogP contribution in [0.5, 0.6) is 5.75 Å². The van der Waals surface area contributed by atoms with E-state index in [0.717, 1.165) is 0 Å². The first kappa shape index (κ1) is 21.4. The van der Waals surface area contributed by atoms with E-state index in [0.29, 0.717) is 11.3 Å². The number of hydrogen-bond donors (Lipinski definition) is 2. The Kier molecular flexibility index (Phi) is 7.72. The minimum absolute atomic E-state index is 0.168. The Morgan fingerprint density at radius 2 is 1.62 bits per heavy atom. The molecule has 0 radical (unpaired) electrons. The van der Waals surface area contributed by atoms with Crippen LogP contribution in [0.3, 0.4) is 0 Å². The number of nitrogens with one attached hydrogen (secondary N) is 2. The quantitative estimate of drug-likeness (QED) is 0.643. The molecule has 0 saturated carbocycles. The molecule has 0 aliphatic carbocycles. The van der Waals surface area contributed by atoms with E-state index in [2.05, 4.69) is 15.4 Å². The maximum atomic E-state index is 12.0. The van der Waals surface area contributed by atoms with Gasteiger partial charge in [0.1, 0.15) is 12.3 Å². The van der Waals surface area contributed by atoms with Crippen LogP contribution in [0, 0.1) is 0 Å². The van der Waals surface area contributed by atoms with E-state index in [9.17, 15) is 19.2 Å². The zero-order valence-corrected chi connectivity index (χ0v) is 15.9. The lowest BCUT2D eigenvalue weighted by Crippen LogP contribution is -2.32. The molecule has 0 aliphatic heterocycles. The Labute approximate surface area is 166 Å². The van der Waals surface area contributed by atoms with Gasteiger partial charge >= 0.3 is 11.9 Å². The predicted molar refractivity (Wildman–Crippen MR) is 103 cm³/mol. The molecule has 9 nitrogen and oxygen atoms in total. The van der Waals surface area contributed by atoms with Crippen molar-refractivity contribution in [2.45, 2.75) is 0 Å². The fourth-order valence-corrected chi connectivity index (χ4v) is 2.26. The highest BCUT2D eigenvalue weighted by atomic mass is 16.5. The van der Waals surface area contributed by atoms with Crippen molar-refractivity contribution in [2.24, 2.45) is 0 Å². The summed E-state index contributed by atoms with van der Waals surface area (Å²) in [5, 5.41) is 4.86. The molecule has 2 aromatic carbocycles. The van der Waals surface area contributed by atoms with Crippen LogP contribution < -0.4 is 15.4 Å². The zero-order chi connectivity index (χ0) is 21.2. The van der Waals surface area contributed by atoms with E-state index in [1.165, 1.54) is 26.4 Å². The summed E-state index contributed by atoms with van der Waals surface area (Å²) in [6, 6.07) is 12.6. The molecule has 0 unspecified atom stereocenters. The molecule has 29 heavy (non-hydrogen) atoms. The first-order chi connectivity index (χ1) is 13.9. The van der Waals surface area contributed by atoms with Crippen molar-refractivity contribution in [3.05, 3.63) is 59.7 Å². The predicted octanol–water partition coefficient (Wildman–Crippen LogP) is 1.39. The highest BCUT2D eigenvalue weighted by molar-refractivity contribution is 6.02. The van der Waals surface area contributed by atoms with Gasteiger partial charge in [0.05, 0.1) is 25.5 Å². The molecule has 0 fully saturated rings. The molecule has 0 heterocycles. The third kappa shape index (κ3) is 6.35. The molecule has 2 rings (SSSR count). The standard InChI is InChI=1S/C20H20N2O7/c1-27-14-9-7-13(8-10-14)19(25)21-11-18(24)29-12-17(23)22-16-6-4-3-5-15(16)20(26)28-2/h3-10H,11-12H2,1-2H3,(H,21,25)(H,22,23). The van der Waals surface area contributed by atoms with E-state index >= 15 is 0 Å². The van der Waals surface area contributed by atoms with Crippen molar-refractivity contribution in [1.29, 1.82) is 0 Å². The molecule has 2 amide bonds. The number of carbonyl (C=O) groups excluding carboxylic acids is 4. The molecule has 2 N–H and O–H groups in total. The minimum Gasteiger partial charge on any atom is -0.497 e. The van der Waals surface area contributed by atoms with E-state index in [1.54, 1.807) is 36.4 Å². The van der Waals surface area contributed by atoms with Crippen molar-refractivity contribution < 1.29 is 33.4 Å². The number of methoxy groups -OCH3 is 2. The van der Waals surface area contributed by atoms with Gasteiger partial charge in [-0.15, -0.1) is 0 Å². The monoisotopic (exact) mass is 400 g/mol. The van der Waals surface area contributed by atoms with Gasteiger partial charge in [-0.2, -0.15) is 0 Å². The van der Waals surface area contributed by atoms with Gasteiger partial charge in [-0.1, -0.05) is 12.1 Å². The second-order valence-electron chi connectivity index (χ2n) is 5.66. The van der Waals surface area contributed by atoms with Gasteiger partial charge < -0.3 is 24.8 Å². The summed E-state index contributed by atoms with van der Waals surface area (Å²) in [7, 11) is 2.73. The highest BCUT2D eigenvalue weighted by Crippen LogP contribution is 2.16. The molecule has 0 atom stereocenters. The van der Waals surface area contributed by atoms with Crippen LogP contribution in [0.15, 0.2) is 48.5 Å². The molecular weight excluding hydrogens is 380 g/mol. The number of benzene rings is 2. The number of hydrogen-bond acceptors (Lipinski definition) is 7. The lowest BCUT2D eigenvalue weighted by molar-refractivity contribution is -0.146. The largest absolute Gasteiger partial charge is 0.497 e. The maximum absolute atomic E-state index is 12.0. The smallest absolute Gasteiger partial charge is 0.339 e. The third-order valence-electron chi connectivity index (χ3n) is 3.72. The van der Waals surface area contributed by atoms with Gasteiger partial charge in [0.15, 0.2) is 6.61 Å². The zero-order valence-electron chi connectivity index (χ0n) is 15.9. The fraction of sp³-hybridized carbons (Fsp3) is 0.200. The number of amides is 2. The first-order valence-electron chi connectivity index (χ1n) is 8.49. The van der Waals surface area contributed by atoms with Crippen LogP contribution in [-0.2, 0) is 19.1 Å². The second kappa shape index (κ2) is 10.5. The molecule has 152 valence electrons. The van der Waals surface area contributed by atoms with Crippen molar-refractivity contribution in [3.63, 3.8) is 0 Å². The number of para-hydroxylation sites is 1. The lowest BCUT2D eigenvalue weighted by Gasteiger charge is -2.10. The van der Waals surface area contributed by atoms with Crippen LogP contribution in [-0.4, -0.2) is 51.1 Å². The SMILES string of the molecule is COC(=O)c1ccccc1NC(=O)COC(=O)CNC(=O)c1ccc(OC)cc1. The highest BCUT2D eigenvalue weighted by Gasteiger charge is 2.15. The first-order valence-corrected chi connectivity index (χ1v) is 8.49. The number of carbonyl (C=O) groups is 4. The molecular formula is C20H20N2O7. The molecule has 0 saturated heterocycles. The summed E-state index contributed by atoms with van der Waals surface area (Å²) in [6.45, 7) is -0.983. The van der Waals surface area contributed by atoms with Crippen molar-refractivity contribution in [3.8, 4) is 5.75 Å².